The molecule has 0 bridgehead atoms. The number of ether oxygens (including phenoxy) is 1. The molecule has 0 aliphatic carbocycles. The molecule has 1 N–H and O–H groups in total. The molecule has 1 saturated heterocycles. The van der Waals surface area contributed by atoms with Gasteiger partial charge in [0.1, 0.15) is 0 Å². The van der Waals surface area contributed by atoms with E-state index in [1.54, 1.807) is 6.20 Å². The largest absolute Gasteiger partial charge is 0.388 e. The van der Waals surface area contributed by atoms with E-state index in [4.69, 9.17) is 4.74 Å². The minimum atomic E-state index is -0.449. The molecule has 2 unspecified atom stereocenters. The quantitative estimate of drug-likeness (QED) is 0.901. The van der Waals surface area contributed by atoms with Crippen LogP contribution in [0.15, 0.2) is 36.5 Å². The molecule has 18 heavy (non-hydrogen) atoms. The standard InChI is InChI=1S/C15H17NO2/c17-14(9-11-6-8-18-10-11)13-5-1-3-12-4-2-7-16-15(12)13/h1-5,7,11,14,17H,6,8-10H2. The fraction of sp³-hybridized carbons (Fsp3) is 0.400. The Labute approximate surface area is 106 Å². The van der Waals surface area contributed by atoms with Crippen LogP contribution in [0.25, 0.3) is 10.9 Å². The Bertz CT molecular complexity index is 530. The lowest BCUT2D eigenvalue weighted by atomic mass is 9.95. The van der Waals surface area contributed by atoms with Crippen molar-refractivity contribution in [2.75, 3.05) is 13.2 Å². The average molecular weight is 243 g/mol. The fourth-order valence-electron chi connectivity index (χ4n) is 2.61. The van der Waals surface area contributed by atoms with Crippen LogP contribution < -0.4 is 0 Å². The Morgan fingerprint density at radius 2 is 2.22 bits per heavy atom. The maximum Gasteiger partial charge on any atom is 0.0814 e. The smallest absolute Gasteiger partial charge is 0.0814 e. The van der Waals surface area contributed by atoms with Gasteiger partial charge >= 0.3 is 0 Å². The number of fused-ring (bicyclic) bond motifs is 1. The monoisotopic (exact) mass is 243 g/mol. The van der Waals surface area contributed by atoms with E-state index in [9.17, 15) is 5.11 Å². The second-order valence-corrected chi connectivity index (χ2v) is 4.90. The summed E-state index contributed by atoms with van der Waals surface area (Å²) >= 11 is 0. The molecule has 2 aromatic rings. The number of hydrogen-bond acceptors (Lipinski definition) is 3. The summed E-state index contributed by atoms with van der Waals surface area (Å²) in [4.78, 5) is 4.39. The fourth-order valence-corrected chi connectivity index (χ4v) is 2.61. The molecule has 0 spiro atoms. The van der Waals surface area contributed by atoms with E-state index in [2.05, 4.69) is 4.98 Å². The van der Waals surface area contributed by atoms with E-state index in [0.717, 1.165) is 42.5 Å². The van der Waals surface area contributed by atoms with Gasteiger partial charge in [0.25, 0.3) is 0 Å². The number of hydrogen-bond donors (Lipinski definition) is 1. The molecular weight excluding hydrogens is 226 g/mol. The summed E-state index contributed by atoms with van der Waals surface area (Å²) < 4.78 is 5.35. The van der Waals surface area contributed by atoms with Crippen LogP contribution in [0.5, 0.6) is 0 Å². The van der Waals surface area contributed by atoms with Gasteiger partial charge in [0, 0.05) is 30.4 Å². The molecule has 0 radical (unpaired) electrons. The zero-order valence-corrected chi connectivity index (χ0v) is 10.2. The molecule has 0 amide bonds. The van der Waals surface area contributed by atoms with Crippen molar-refractivity contribution in [2.45, 2.75) is 18.9 Å². The highest BCUT2D eigenvalue weighted by molar-refractivity contribution is 5.81. The average Bonchev–Trinajstić information content (AvgIpc) is 2.91. The van der Waals surface area contributed by atoms with E-state index >= 15 is 0 Å². The maximum absolute atomic E-state index is 10.4. The molecule has 1 aromatic carbocycles. The lowest BCUT2D eigenvalue weighted by Gasteiger charge is -2.16. The molecule has 1 aliphatic rings. The van der Waals surface area contributed by atoms with Crippen LogP contribution in [0, 0.1) is 5.92 Å². The van der Waals surface area contributed by atoms with Crippen molar-refractivity contribution >= 4 is 10.9 Å². The summed E-state index contributed by atoms with van der Waals surface area (Å²) in [6.45, 7) is 1.60. The van der Waals surface area contributed by atoms with Gasteiger partial charge in [0.2, 0.25) is 0 Å². The minimum absolute atomic E-state index is 0.449. The predicted octanol–water partition coefficient (Wildman–Crippen LogP) is 2.69. The lowest BCUT2D eigenvalue weighted by Crippen LogP contribution is -2.08. The van der Waals surface area contributed by atoms with Crippen molar-refractivity contribution in [3.63, 3.8) is 0 Å². The summed E-state index contributed by atoms with van der Waals surface area (Å²) in [5.41, 5.74) is 1.84. The van der Waals surface area contributed by atoms with Crippen LogP contribution in [0.4, 0.5) is 0 Å². The van der Waals surface area contributed by atoms with E-state index in [-0.39, 0.29) is 0 Å². The zero-order chi connectivity index (χ0) is 12.4. The Morgan fingerprint density at radius 1 is 1.33 bits per heavy atom. The van der Waals surface area contributed by atoms with E-state index in [1.807, 2.05) is 30.3 Å². The predicted molar refractivity (Wildman–Crippen MR) is 70.2 cm³/mol. The second-order valence-electron chi connectivity index (χ2n) is 4.90. The first-order valence-corrected chi connectivity index (χ1v) is 6.44. The van der Waals surface area contributed by atoms with E-state index in [0.29, 0.717) is 5.92 Å². The Balaban J connectivity index is 1.88. The summed E-state index contributed by atoms with van der Waals surface area (Å²) in [5, 5.41) is 11.5. The van der Waals surface area contributed by atoms with E-state index in [1.165, 1.54) is 0 Å². The molecule has 2 heterocycles. The van der Waals surface area contributed by atoms with Crippen LogP contribution in [0.3, 0.4) is 0 Å². The molecule has 3 rings (SSSR count). The van der Waals surface area contributed by atoms with Gasteiger partial charge in [-0.1, -0.05) is 24.3 Å². The molecular formula is C15H17NO2. The van der Waals surface area contributed by atoms with Crippen LogP contribution >= 0.6 is 0 Å². The van der Waals surface area contributed by atoms with Gasteiger partial charge in [0.15, 0.2) is 0 Å². The van der Waals surface area contributed by atoms with Gasteiger partial charge < -0.3 is 9.84 Å². The number of aliphatic hydroxyl groups is 1. The summed E-state index contributed by atoms with van der Waals surface area (Å²) in [6, 6.07) is 9.92. The summed E-state index contributed by atoms with van der Waals surface area (Å²) in [5.74, 6) is 0.471. The van der Waals surface area contributed by atoms with Crippen LogP contribution in [0.2, 0.25) is 0 Å². The SMILES string of the molecule is OC(CC1CCOC1)c1cccc2cccnc12. The van der Waals surface area contributed by atoms with Gasteiger partial charge in [-0.3, -0.25) is 4.98 Å². The number of aliphatic hydroxyl groups excluding tert-OH is 1. The van der Waals surface area contributed by atoms with Crippen molar-refractivity contribution in [1.82, 2.24) is 4.98 Å². The van der Waals surface area contributed by atoms with Gasteiger partial charge in [-0.25, -0.2) is 0 Å². The van der Waals surface area contributed by atoms with Crippen molar-refractivity contribution in [3.05, 3.63) is 42.1 Å². The molecule has 1 aliphatic heterocycles. The first-order chi connectivity index (χ1) is 8.84. The third kappa shape index (κ3) is 2.24. The molecule has 1 fully saturated rings. The number of nitrogens with zero attached hydrogens (tertiary/aromatic N) is 1. The number of aromatic nitrogens is 1. The molecule has 3 heteroatoms. The minimum Gasteiger partial charge on any atom is -0.388 e. The van der Waals surface area contributed by atoms with Crippen LogP contribution in [0.1, 0.15) is 24.5 Å². The maximum atomic E-state index is 10.4. The topological polar surface area (TPSA) is 42.4 Å². The second kappa shape index (κ2) is 5.04. The highest BCUT2D eigenvalue weighted by Gasteiger charge is 2.21. The number of para-hydroxylation sites is 1. The Kier molecular flexibility index (Phi) is 3.26. The van der Waals surface area contributed by atoms with Crippen LogP contribution in [-0.4, -0.2) is 23.3 Å². The molecule has 94 valence electrons. The molecule has 0 saturated carbocycles. The van der Waals surface area contributed by atoms with Gasteiger partial charge in [-0.05, 0) is 24.8 Å². The Hall–Kier alpha value is -1.45. The summed E-state index contributed by atoms with van der Waals surface area (Å²) in [6.07, 6.45) is 3.14. The lowest BCUT2D eigenvalue weighted by molar-refractivity contribution is 0.130. The third-order valence-corrected chi connectivity index (χ3v) is 3.60. The van der Waals surface area contributed by atoms with Gasteiger partial charge in [-0.2, -0.15) is 0 Å². The highest BCUT2D eigenvalue weighted by Crippen LogP contribution is 2.29. The van der Waals surface area contributed by atoms with Crippen molar-refractivity contribution in [2.24, 2.45) is 5.92 Å². The van der Waals surface area contributed by atoms with Crippen molar-refractivity contribution in [3.8, 4) is 0 Å². The summed E-state index contributed by atoms with van der Waals surface area (Å²) in [7, 11) is 0. The Morgan fingerprint density at radius 3 is 3.06 bits per heavy atom. The number of rotatable bonds is 3. The highest BCUT2D eigenvalue weighted by atomic mass is 16.5. The van der Waals surface area contributed by atoms with Crippen molar-refractivity contribution in [1.29, 1.82) is 0 Å². The first-order valence-electron chi connectivity index (χ1n) is 6.44. The van der Waals surface area contributed by atoms with Gasteiger partial charge in [0.05, 0.1) is 11.6 Å². The van der Waals surface area contributed by atoms with Crippen molar-refractivity contribution < 1.29 is 9.84 Å². The molecule has 2 atom stereocenters. The third-order valence-electron chi connectivity index (χ3n) is 3.60. The normalized spacial score (nSPS) is 21.3. The molecule has 1 aromatic heterocycles. The van der Waals surface area contributed by atoms with Gasteiger partial charge in [-0.15, -0.1) is 0 Å². The first kappa shape index (κ1) is 11.6. The zero-order valence-electron chi connectivity index (χ0n) is 10.2. The number of pyridine rings is 1. The number of benzene rings is 1. The van der Waals surface area contributed by atoms with E-state index < -0.39 is 6.10 Å². The molecule has 3 nitrogen and oxygen atoms in total. The van der Waals surface area contributed by atoms with Crippen LogP contribution in [-0.2, 0) is 4.74 Å².